The summed E-state index contributed by atoms with van der Waals surface area (Å²) in [5, 5.41) is 0. The topological polar surface area (TPSA) is 77.4 Å². The van der Waals surface area contributed by atoms with Crippen molar-refractivity contribution in [3.8, 4) is 0 Å². The van der Waals surface area contributed by atoms with Gasteiger partial charge in [0.15, 0.2) is 0 Å². The van der Waals surface area contributed by atoms with Crippen LogP contribution in [0.3, 0.4) is 0 Å². The molecule has 6 nitrogen and oxygen atoms in total. The maximum absolute atomic E-state index is 13.5. The molecule has 2 saturated carbocycles. The van der Waals surface area contributed by atoms with Crippen LogP contribution < -0.4 is 10.3 Å². The summed E-state index contributed by atoms with van der Waals surface area (Å²) in [4.78, 5) is 13.5. The number of sulfonamides is 1. The van der Waals surface area contributed by atoms with Crippen molar-refractivity contribution < 1.29 is 13.2 Å². The molecule has 5 rings (SSSR count). The highest BCUT2D eigenvalue weighted by Gasteiger charge is 2.36. The lowest BCUT2D eigenvalue weighted by Crippen LogP contribution is -2.50. The normalized spacial score (nSPS) is 27.3. The minimum Gasteiger partial charge on any atom is -0.376 e. The fourth-order valence-electron chi connectivity index (χ4n) is 5.72. The molecule has 0 amide bonds. The summed E-state index contributed by atoms with van der Waals surface area (Å²) < 4.78 is 36.0. The number of nitrogens with one attached hydrogen (secondary N) is 1. The van der Waals surface area contributed by atoms with E-state index in [-0.39, 0.29) is 29.5 Å². The fraction of sp³-hybridized carbons (Fsp3) is 0.593. The second-order valence-electron chi connectivity index (χ2n) is 10.2. The number of aryl methyl sites for hydroxylation is 1. The zero-order valence-corrected chi connectivity index (χ0v) is 20.8. The van der Waals surface area contributed by atoms with E-state index in [9.17, 15) is 13.2 Å². The molecule has 1 aliphatic heterocycles. The van der Waals surface area contributed by atoms with Gasteiger partial charge in [-0.3, -0.25) is 4.79 Å². The van der Waals surface area contributed by atoms with Crippen LogP contribution in [0.4, 0.5) is 0 Å². The van der Waals surface area contributed by atoms with Gasteiger partial charge in [0.1, 0.15) is 0 Å². The van der Waals surface area contributed by atoms with Crippen LogP contribution in [0.15, 0.2) is 47.3 Å². The number of pyridine rings is 1. The Morgan fingerprint density at radius 1 is 0.941 bits per heavy atom. The van der Waals surface area contributed by atoms with Gasteiger partial charge in [0.2, 0.25) is 10.0 Å². The Bertz CT molecular complexity index is 1150. The maximum atomic E-state index is 13.5. The SMILES string of the molecule is CCS(=O)(=O)NC1CCc2ccc(C3CC3)c(=O)n2C1COC1CCC(c2ccccc2)CC1. The Morgan fingerprint density at radius 3 is 2.32 bits per heavy atom. The number of ether oxygens (including phenoxy) is 1. The molecule has 2 atom stereocenters. The van der Waals surface area contributed by atoms with E-state index < -0.39 is 10.0 Å². The number of hydrogen-bond acceptors (Lipinski definition) is 4. The quantitative estimate of drug-likeness (QED) is 0.607. The molecular formula is C27H36N2O4S. The van der Waals surface area contributed by atoms with Gasteiger partial charge in [0.25, 0.3) is 5.56 Å². The Hall–Kier alpha value is -1.96. The highest BCUT2D eigenvalue weighted by atomic mass is 32.2. The van der Waals surface area contributed by atoms with Crippen molar-refractivity contribution in [2.24, 2.45) is 0 Å². The molecule has 0 bridgehead atoms. The zero-order valence-electron chi connectivity index (χ0n) is 20.0. The van der Waals surface area contributed by atoms with E-state index in [1.54, 1.807) is 6.92 Å². The van der Waals surface area contributed by atoms with E-state index in [0.29, 0.717) is 31.3 Å². The van der Waals surface area contributed by atoms with Crippen LogP contribution in [0.1, 0.15) is 86.6 Å². The predicted octanol–water partition coefficient (Wildman–Crippen LogP) is 4.26. The van der Waals surface area contributed by atoms with Crippen molar-refractivity contribution in [2.75, 3.05) is 12.4 Å². The summed E-state index contributed by atoms with van der Waals surface area (Å²) in [6.07, 6.45) is 7.80. The molecule has 2 aliphatic carbocycles. The second kappa shape index (κ2) is 9.96. The van der Waals surface area contributed by atoms with E-state index in [1.165, 1.54) is 5.56 Å². The molecule has 2 unspecified atom stereocenters. The largest absolute Gasteiger partial charge is 0.376 e. The van der Waals surface area contributed by atoms with E-state index >= 15 is 0 Å². The molecule has 0 saturated heterocycles. The van der Waals surface area contributed by atoms with Crippen molar-refractivity contribution in [3.63, 3.8) is 0 Å². The molecule has 1 N–H and O–H groups in total. The smallest absolute Gasteiger partial charge is 0.254 e. The monoisotopic (exact) mass is 484 g/mol. The fourth-order valence-corrected chi connectivity index (χ4v) is 6.62. The van der Waals surface area contributed by atoms with E-state index in [4.69, 9.17) is 4.74 Å². The summed E-state index contributed by atoms with van der Waals surface area (Å²) >= 11 is 0. The molecule has 1 aromatic carbocycles. The van der Waals surface area contributed by atoms with Crippen LogP contribution in [0.2, 0.25) is 0 Å². The first-order chi connectivity index (χ1) is 16.4. The van der Waals surface area contributed by atoms with E-state index in [0.717, 1.165) is 49.8 Å². The molecule has 3 aliphatic rings. The Balaban J connectivity index is 1.32. The van der Waals surface area contributed by atoms with Gasteiger partial charge in [-0.05, 0) is 81.8 Å². The van der Waals surface area contributed by atoms with Gasteiger partial charge in [0.05, 0.1) is 24.5 Å². The number of rotatable bonds is 8. The molecule has 0 radical (unpaired) electrons. The molecular weight excluding hydrogens is 448 g/mol. The molecule has 2 heterocycles. The third kappa shape index (κ3) is 5.16. The molecule has 184 valence electrons. The van der Waals surface area contributed by atoms with Crippen LogP contribution in [0, 0.1) is 0 Å². The minimum atomic E-state index is -3.38. The summed E-state index contributed by atoms with van der Waals surface area (Å²) in [7, 11) is -3.38. The van der Waals surface area contributed by atoms with Gasteiger partial charge >= 0.3 is 0 Å². The second-order valence-corrected chi connectivity index (χ2v) is 12.2. The summed E-state index contributed by atoms with van der Waals surface area (Å²) in [5.41, 5.74) is 3.30. The van der Waals surface area contributed by atoms with Crippen LogP contribution in [0.5, 0.6) is 0 Å². The van der Waals surface area contributed by atoms with Crippen LogP contribution in [-0.2, 0) is 21.2 Å². The van der Waals surface area contributed by atoms with Crippen LogP contribution >= 0.6 is 0 Å². The first-order valence-electron chi connectivity index (χ1n) is 12.9. The lowest BCUT2D eigenvalue weighted by atomic mass is 9.83. The Labute approximate surface area is 202 Å². The first kappa shape index (κ1) is 23.8. The molecule has 2 aromatic rings. The predicted molar refractivity (Wildman–Crippen MR) is 134 cm³/mol. The highest BCUT2D eigenvalue weighted by Crippen LogP contribution is 2.39. The first-order valence-corrected chi connectivity index (χ1v) is 14.5. The van der Waals surface area contributed by atoms with Crippen molar-refractivity contribution >= 4 is 10.0 Å². The number of nitrogens with zero attached hydrogens (tertiary/aromatic N) is 1. The average molecular weight is 485 g/mol. The minimum absolute atomic E-state index is 0.0322. The number of aromatic nitrogens is 1. The van der Waals surface area contributed by atoms with Gasteiger partial charge in [-0.25, -0.2) is 13.1 Å². The van der Waals surface area contributed by atoms with Crippen molar-refractivity contribution in [2.45, 2.75) is 88.3 Å². The van der Waals surface area contributed by atoms with Crippen LogP contribution in [-0.4, -0.2) is 37.5 Å². The van der Waals surface area contributed by atoms with Crippen molar-refractivity contribution in [1.82, 2.24) is 9.29 Å². The molecule has 1 aromatic heterocycles. The van der Waals surface area contributed by atoms with Gasteiger partial charge in [0, 0.05) is 17.3 Å². The third-order valence-electron chi connectivity index (χ3n) is 7.91. The number of fused-ring (bicyclic) bond motifs is 1. The zero-order chi connectivity index (χ0) is 23.7. The Morgan fingerprint density at radius 2 is 1.65 bits per heavy atom. The van der Waals surface area contributed by atoms with Crippen molar-refractivity contribution in [3.05, 3.63) is 69.6 Å². The number of benzene rings is 1. The molecule has 7 heteroatoms. The standard InChI is InChI=1S/C27H36N2O4S/c1-2-34(31,32)28-25-17-13-22-12-16-24(21-8-9-21)27(30)29(22)26(25)18-33-23-14-10-20(11-15-23)19-6-4-3-5-7-19/h3-7,12,16,20-21,23,25-26,28H,2,8-11,13-15,17-18H2,1H3. The van der Waals surface area contributed by atoms with E-state index in [1.807, 2.05) is 10.6 Å². The summed E-state index contributed by atoms with van der Waals surface area (Å²) in [6.45, 7) is 2.01. The molecule has 0 spiro atoms. The maximum Gasteiger partial charge on any atom is 0.254 e. The molecule has 2 fully saturated rings. The highest BCUT2D eigenvalue weighted by molar-refractivity contribution is 7.89. The van der Waals surface area contributed by atoms with Gasteiger partial charge in [-0.1, -0.05) is 36.4 Å². The van der Waals surface area contributed by atoms with Gasteiger partial charge in [-0.15, -0.1) is 0 Å². The molecule has 34 heavy (non-hydrogen) atoms. The summed E-state index contributed by atoms with van der Waals surface area (Å²) in [5.74, 6) is 0.960. The van der Waals surface area contributed by atoms with E-state index in [2.05, 4.69) is 41.1 Å². The van der Waals surface area contributed by atoms with Crippen LogP contribution in [0.25, 0.3) is 0 Å². The average Bonchev–Trinajstić information content (AvgIpc) is 3.70. The lowest BCUT2D eigenvalue weighted by Gasteiger charge is -2.37. The van der Waals surface area contributed by atoms with Gasteiger partial charge < -0.3 is 9.30 Å². The lowest BCUT2D eigenvalue weighted by molar-refractivity contribution is -0.00171. The summed E-state index contributed by atoms with van der Waals surface area (Å²) in [6, 6.07) is 14.1. The third-order valence-corrected chi connectivity index (χ3v) is 9.34. The van der Waals surface area contributed by atoms with Gasteiger partial charge in [-0.2, -0.15) is 0 Å². The Kier molecular flexibility index (Phi) is 6.96. The number of hydrogen-bond donors (Lipinski definition) is 1. The van der Waals surface area contributed by atoms with Crippen molar-refractivity contribution in [1.29, 1.82) is 0 Å².